The van der Waals surface area contributed by atoms with Gasteiger partial charge in [0.1, 0.15) is 5.54 Å². The number of benzene rings is 2. The molecule has 142 valence electrons. The molecule has 6 heteroatoms. The molecule has 0 heterocycles. The Hall–Kier alpha value is -2.48. The lowest BCUT2D eigenvalue weighted by molar-refractivity contribution is 0.261. The summed E-state index contributed by atoms with van der Waals surface area (Å²) in [4.78, 5) is 25.1. The average Bonchev–Trinajstić information content (AvgIpc) is 2.64. The summed E-state index contributed by atoms with van der Waals surface area (Å²) in [7, 11) is 0. The molecule has 0 saturated heterocycles. The van der Waals surface area contributed by atoms with Gasteiger partial charge in [-0.1, -0.05) is 42.3 Å². The highest BCUT2D eigenvalue weighted by atomic mass is 35.5. The smallest absolute Gasteiger partial charge is 0.299 e. The topological polar surface area (TPSA) is 40.6 Å². The summed E-state index contributed by atoms with van der Waals surface area (Å²) in [5.41, 5.74) is 0.792. The summed E-state index contributed by atoms with van der Waals surface area (Å²) < 4.78 is 0. The molecule has 2 amide bonds. The van der Waals surface area contributed by atoms with Gasteiger partial charge in [-0.15, -0.1) is 6.42 Å². The fourth-order valence-corrected chi connectivity index (χ4v) is 2.83. The minimum Gasteiger partial charge on any atom is -0.299 e. The summed E-state index contributed by atoms with van der Waals surface area (Å²) in [6.45, 7) is 6.00. The van der Waals surface area contributed by atoms with E-state index in [-0.39, 0.29) is 0 Å². The molecule has 0 fully saturated rings. The summed E-state index contributed by atoms with van der Waals surface area (Å²) in [6.07, 6.45) is 5.38. The van der Waals surface area contributed by atoms with Crippen LogP contribution in [0.4, 0.5) is 21.0 Å². The maximum atomic E-state index is 11.3. The first-order valence-corrected chi connectivity index (χ1v) is 9.04. The lowest BCUT2D eigenvalue weighted by Crippen LogP contribution is -2.44. The maximum absolute atomic E-state index is 11.3. The molecule has 2 aromatic carbocycles. The van der Waals surface area contributed by atoms with Gasteiger partial charge in [0.25, 0.3) is 0 Å². The first-order valence-electron chi connectivity index (χ1n) is 8.29. The van der Waals surface area contributed by atoms with Crippen LogP contribution in [0.15, 0.2) is 60.7 Å². The van der Waals surface area contributed by atoms with E-state index in [0.717, 1.165) is 5.69 Å². The molecular weight excluding hydrogens is 383 g/mol. The van der Waals surface area contributed by atoms with Crippen LogP contribution in [0.5, 0.6) is 0 Å². The van der Waals surface area contributed by atoms with Crippen molar-refractivity contribution in [2.75, 3.05) is 16.3 Å². The van der Waals surface area contributed by atoms with Crippen LogP contribution >= 0.6 is 23.2 Å². The fourth-order valence-electron chi connectivity index (χ4n) is 2.30. The van der Waals surface area contributed by atoms with Crippen LogP contribution in [-0.2, 0) is 0 Å². The summed E-state index contributed by atoms with van der Waals surface area (Å²) in [5.74, 6) is 2.54. The highest BCUT2D eigenvalue weighted by Gasteiger charge is 2.29. The van der Waals surface area contributed by atoms with Gasteiger partial charge in [-0.2, -0.15) is 0 Å². The van der Waals surface area contributed by atoms with Crippen molar-refractivity contribution in [3.8, 4) is 12.3 Å². The van der Waals surface area contributed by atoms with Crippen molar-refractivity contribution in [2.24, 2.45) is 0 Å². The van der Waals surface area contributed by atoms with Crippen molar-refractivity contribution in [1.82, 2.24) is 0 Å². The monoisotopic (exact) mass is 404 g/mol. The van der Waals surface area contributed by atoms with E-state index in [4.69, 9.17) is 29.6 Å². The normalized spacial score (nSPS) is 10.1. The summed E-state index contributed by atoms with van der Waals surface area (Å²) in [6, 6.07) is 18.4. The van der Waals surface area contributed by atoms with E-state index in [0.29, 0.717) is 12.2 Å². The van der Waals surface area contributed by atoms with Crippen molar-refractivity contribution in [2.45, 2.75) is 26.3 Å². The molecule has 4 nitrogen and oxygen atoms in total. The molecule has 0 aliphatic carbocycles. The van der Waals surface area contributed by atoms with Gasteiger partial charge >= 0.3 is 10.7 Å². The predicted molar refractivity (Wildman–Crippen MR) is 114 cm³/mol. The number of rotatable bonds is 4. The zero-order chi connectivity index (χ0) is 20.4. The van der Waals surface area contributed by atoms with Gasteiger partial charge in [-0.25, -0.2) is 0 Å². The lowest BCUT2D eigenvalue weighted by atomic mass is 10.0. The van der Waals surface area contributed by atoms with E-state index in [2.05, 4.69) is 5.92 Å². The van der Waals surface area contributed by atoms with Crippen LogP contribution in [0, 0.1) is 12.3 Å². The highest BCUT2D eigenvalue weighted by Crippen LogP contribution is 2.25. The van der Waals surface area contributed by atoms with Gasteiger partial charge in [0, 0.05) is 17.9 Å². The van der Waals surface area contributed by atoms with Crippen molar-refractivity contribution in [3.05, 3.63) is 60.7 Å². The van der Waals surface area contributed by atoms with E-state index in [1.165, 1.54) is 9.80 Å². The quantitative estimate of drug-likeness (QED) is 0.349. The summed E-state index contributed by atoms with van der Waals surface area (Å²) in [5, 5.41) is -1.02. The largest absolute Gasteiger partial charge is 0.322 e. The lowest BCUT2D eigenvalue weighted by Gasteiger charge is -2.32. The standard InChI is InChI=1S/C12H12ClNO.C9H10ClNO/c1-4-12(2,3)14(11(13)15)10-8-6-5-7-9-10;1-2-11(9(10)12)8-6-4-3-5-7-8/h1,5-9H,2-3H3;3-7H,2H2,1H3. The number of hydrogen-bond acceptors (Lipinski definition) is 2. The molecule has 0 bridgehead atoms. The fraction of sp³-hybridized carbons (Fsp3) is 0.238. The Balaban J connectivity index is 0.000000277. The minimum atomic E-state index is -0.736. The van der Waals surface area contributed by atoms with E-state index in [1.807, 2.05) is 55.5 Å². The minimum absolute atomic E-state index is 0.441. The van der Waals surface area contributed by atoms with Crippen molar-refractivity contribution < 1.29 is 9.59 Å². The zero-order valence-electron chi connectivity index (χ0n) is 15.5. The van der Waals surface area contributed by atoms with E-state index in [9.17, 15) is 9.59 Å². The molecule has 0 aliphatic rings. The van der Waals surface area contributed by atoms with E-state index in [1.54, 1.807) is 26.0 Å². The van der Waals surface area contributed by atoms with E-state index >= 15 is 0 Å². The predicted octanol–water partition coefficient (Wildman–Crippen LogP) is 6.14. The first kappa shape index (κ1) is 22.6. The van der Waals surface area contributed by atoms with Crippen LogP contribution in [0.1, 0.15) is 20.8 Å². The van der Waals surface area contributed by atoms with Crippen molar-refractivity contribution in [1.29, 1.82) is 0 Å². The second kappa shape index (κ2) is 10.6. The number of amides is 2. The molecule has 0 radical (unpaired) electrons. The zero-order valence-corrected chi connectivity index (χ0v) is 17.0. The molecule has 0 saturated carbocycles. The molecule has 0 atom stereocenters. The molecule has 0 N–H and O–H groups in total. The Morgan fingerprint density at radius 3 is 1.70 bits per heavy atom. The van der Waals surface area contributed by atoms with Gasteiger partial charge in [0.15, 0.2) is 0 Å². The van der Waals surface area contributed by atoms with Gasteiger partial charge in [-0.3, -0.25) is 19.4 Å². The number of para-hydroxylation sites is 2. The molecule has 2 aromatic rings. The molecule has 0 unspecified atom stereocenters. The number of carbonyl (C=O) groups is 2. The number of hydrogen-bond donors (Lipinski definition) is 0. The average molecular weight is 405 g/mol. The third kappa shape index (κ3) is 6.63. The van der Waals surface area contributed by atoms with Crippen LogP contribution in [0.3, 0.4) is 0 Å². The maximum Gasteiger partial charge on any atom is 0.322 e. The molecule has 0 aromatic heterocycles. The van der Waals surface area contributed by atoms with Gasteiger partial charge in [0.05, 0.1) is 0 Å². The number of nitrogens with zero attached hydrogens (tertiary/aromatic N) is 2. The molecule has 0 spiro atoms. The van der Waals surface area contributed by atoms with E-state index < -0.39 is 16.3 Å². The Morgan fingerprint density at radius 2 is 1.37 bits per heavy atom. The van der Waals surface area contributed by atoms with Crippen LogP contribution < -0.4 is 9.80 Å². The van der Waals surface area contributed by atoms with Crippen LogP contribution in [0.2, 0.25) is 0 Å². The SMILES string of the molecule is C#CC(C)(C)N(C(=O)Cl)c1ccccc1.CCN(C(=O)Cl)c1ccccc1. The molecule has 27 heavy (non-hydrogen) atoms. The number of halogens is 2. The second-order valence-corrected chi connectivity index (χ2v) is 6.61. The Kier molecular flexibility index (Phi) is 8.87. The second-order valence-electron chi connectivity index (χ2n) is 5.96. The number of anilines is 2. The Labute approximate surface area is 170 Å². The molecule has 0 aliphatic heterocycles. The number of terminal acetylenes is 1. The van der Waals surface area contributed by atoms with Gasteiger partial charge in [-0.05, 0) is 68.2 Å². The van der Waals surface area contributed by atoms with Crippen LogP contribution in [-0.4, -0.2) is 22.8 Å². The van der Waals surface area contributed by atoms with Crippen molar-refractivity contribution >= 4 is 45.3 Å². The van der Waals surface area contributed by atoms with Crippen LogP contribution in [0.25, 0.3) is 0 Å². The third-order valence-electron chi connectivity index (χ3n) is 3.70. The van der Waals surface area contributed by atoms with Gasteiger partial charge < -0.3 is 0 Å². The van der Waals surface area contributed by atoms with Crippen molar-refractivity contribution in [3.63, 3.8) is 0 Å². The Bertz CT molecular complexity index is 787. The first-order chi connectivity index (χ1) is 12.7. The summed E-state index contributed by atoms with van der Waals surface area (Å²) >= 11 is 10.9. The number of carbonyl (C=O) groups excluding carboxylic acids is 2. The Morgan fingerprint density at radius 1 is 0.926 bits per heavy atom. The molecule has 2 rings (SSSR count). The molecular formula is C21H22Cl2N2O2. The van der Waals surface area contributed by atoms with Gasteiger partial charge in [0.2, 0.25) is 0 Å². The highest BCUT2D eigenvalue weighted by molar-refractivity contribution is 6.66. The third-order valence-corrected chi connectivity index (χ3v) is 4.07.